The van der Waals surface area contributed by atoms with E-state index < -0.39 is 0 Å². The molecule has 0 saturated heterocycles. The first-order valence-corrected chi connectivity index (χ1v) is 5.70. The Morgan fingerprint density at radius 3 is 2.67 bits per heavy atom. The Morgan fingerprint density at radius 2 is 2.00 bits per heavy atom. The molecule has 2 rings (SSSR count). The van der Waals surface area contributed by atoms with Crippen LogP contribution < -0.4 is 5.73 Å². The smallest absolute Gasteiger partial charge is 0.126 e. The lowest BCUT2D eigenvalue weighted by molar-refractivity contribution is 0.427. The molecule has 2 N–H and O–H groups in total. The third-order valence-electron chi connectivity index (χ3n) is 3.15. The van der Waals surface area contributed by atoms with E-state index in [1.54, 1.807) is 12.1 Å². The summed E-state index contributed by atoms with van der Waals surface area (Å²) < 4.78 is 13.5. The standard InChI is InChI=1S/C12H15ClFN/c13-10-3-4-11(14)9(7-10)8-12(15)5-1-2-6-12/h3-4,7H,1-2,5-6,8,15H2. The van der Waals surface area contributed by atoms with Gasteiger partial charge in [-0.25, -0.2) is 4.39 Å². The van der Waals surface area contributed by atoms with Gasteiger partial charge >= 0.3 is 0 Å². The van der Waals surface area contributed by atoms with Crippen molar-refractivity contribution in [1.82, 2.24) is 0 Å². The predicted molar refractivity (Wildman–Crippen MR) is 60.5 cm³/mol. The molecule has 1 aliphatic carbocycles. The molecule has 0 radical (unpaired) electrons. The van der Waals surface area contributed by atoms with Gasteiger partial charge in [0.2, 0.25) is 0 Å². The van der Waals surface area contributed by atoms with E-state index in [-0.39, 0.29) is 11.4 Å². The number of benzene rings is 1. The van der Waals surface area contributed by atoms with Gasteiger partial charge in [-0.05, 0) is 43.0 Å². The van der Waals surface area contributed by atoms with E-state index in [0.29, 0.717) is 17.0 Å². The van der Waals surface area contributed by atoms with Crippen molar-refractivity contribution >= 4 is 11.6 Å². The second-order valence-corrected chi connectivity index (χ2v) is 4.92. The Hall–Kier alpha value is -0.600. The van der Waals surface area contributed by atoms with Gasteiger partial charge in [-0.3, -0.25) is 0 Å². The molecule has 15 heavy (non-hydrogen) atoms. The lowest BCUT2D eigenvalue weighted by Crippen LogP contribution is -2.38. The highest BCUT2D eigenvalue weighted by atomic mass is 35.5. The molecular formula is C12H15ClFN. The van der Waals surface area contributed by atoms with Crippen LogP contribution in [0.4, 0.5) is 4.39 Å². The molecule has 3 heteroatoms. The molecule has 0 atom stereocenters. The molecule has 1 aromatic rings. The van der Waals surface area contributed by atoms with Crippen molar-refractivity contribution in [3.8, 4) is 0 Å². The maximum atomic E-state index is 13.5. The summed E-state index contributed by atoms with van der Waals surface area (Å²) in [4.78, 5) is 0. The fourth-order valence-electron chi connectivity index (χ4n) is 2.31. The number of hydrogen-bond donors (Lipinski definition) is 1. The third-order valence-corrected chi connectivity index (χ3v) is 3.38. The Labute approximate surface area is 94.4 Å². The second kappa shape index (κ2) is 4.11. The van der Waals surface area contributed by atoms with Crippen molar-refractivity contribution in [1.29, 1.82) is 0 Å². The van der Waals surface area contributed by atoms with Crippen LogP contribution in [0.5, 0.6) is 0 Å². The molecule has 0 bridgehead atoms. The van der Waals surface area contributed by atoms with Gasteiger partial charge in [0, 0.05) is 10.6 Å². The molecule has 82 valence electrons. The maximum absolute atomic E-state index is 13.5. The lowest BCUT2D eigenvalue weighted by Gasteiger charge is -2.23. The van der Waals surface area contributed by atoms with Crippen LogP contribution in [0.3, 0.4) is 0 Å². The average Bonchev–Trinajstić information content (AvgIpc) is 2.59. The van der Waals surface area contributed by atoms with Crippen LogP contribution in [0, 0.1) is 5.82 Å². The Kier molecular flexibility index (Phi) is 2.98. The molecule has 0 amide bonds. The van der Waals surface area contributed by atoms with Crippen molar-refractivity contribution in [2.24, 2.45) is 5.73 Å². The second-order valence-electron chi connectivity index (χ2n) is 4.48. The number of nitrogens with two attached hydrogens (primary N) is 1. The average molecular weight is 228 g/mol. The van der Waals surface area contributed by atoms with Crippen molar-refractivity contribution in [3.05, 3.63) is 34.6 Å². The molecule has 1 aliphatic rings. The van der Waals surface area contributed by atoms with Gasteiger partial charge in [0.1, 0.15) is 5.82 Å². The van der Waals surface area contributed by atoms with E-state index in [2.05, 4.69) is 0 Å². The number of hydrogen-bond acceptors (Lipinski definition) is 1. The molecule has 0 spiro atoms. The normalized spacial score (nSPS) is 19.4. The monoisotopic (exact) mass is 227 g/mol. The number of rotatable bonds is 2. The van der Waals surface area contributed by atoms with Gasteiger partial charge in [0.25, 0.3) is 0 Å². The van der Waals surface area contributed by atoms with Gasteiger partial charge in [0.15, 0.2) is 0 Å². The zero-order chi connectivity index (χ0) is 10.9. The van der Waals surface area contributed by atoms with Crippen LogP contribution >= 0.6 is 11.6 Å². The largest absolute Gasteiger partial charge is 0.325 e. The summed E-state index contributed by atoms with van der Waals surface area (Å²) >= 11 is 5.84. The highest BCUT2D eigenvalue weighted by Gasteiger charge is 2.30. The van der Waals surface area contributed by atoms with Crippen LogP contribution in [0.2, 0.25) is 5.02 Å². The first kappa shape index (κ1) is 10.9. The predicted octanol–water partition coefficient (Wildman–Crippen LogP) is 3.29. The van der Waals surface area contributed by atoms with Gasteiger partial charge < -0.3 is 5.73 Å². The molecule has 0 aromatic heterocycles. The highest BCUT2D eigenvalue weighted by molar-refractivity contribution is 6.30. The van der Waals surface area contributed by atoms with Gasteiger partial charge in [-0.2, -0.15) is 0 Å². The minimum absolute atomic E-state index is 0.198. The van der Waals surface area contributed by atoms with E-state index in [1.807, 2.05) is 0 Å². The molecule has 0 aliphatic heterocycles. The first-order chi connectivity index (χ1) is 7.09. The summed E-state index contributed by atoms with van der Waals surface area (Å²) in [5.41, 5.74) is 6.63. The van der Waals surface area contributed by atoms with Crippen molar-refractivity contribution in [3.63, 3.8) is 0 Å². The summed E-state index contributed by atoms with van der Waals surface area (Å²) in [6, 6.07) is 4.66. The van der Waals surface area contributed by atoms with E-state index in [0.717, 1.165) is 25.7 Å². The van der Waals surface area contributed by atoms with E-state index in [9.17, 15) is 4.39 Å². The Balaban J connectivity index is 2.19. The van der Waals surface area contributed by atoms with Crippen LogP contribution in [0.1, 0.15) is 31.2 Å². The van der Waals surface area contributed by atoms with Crippen LogP contribution in [0.25, 0.3) is 0 Å². The Morgan fingerprint density at radius 1 is 1.33 bits per heavy atom. The Bertz CT molecular complexity index is 359. The molecule has 1 saturated carbocycles. The summed E-state index contributed by atoms with van der Waals surface area (Å²) in [6.45, 7) is 0. The molecule has 1 aromatic carbocycles. The minimum Gasteiger partial charge on any atom is -0.325 e. The molecule has 0 heterocycles. The molecule has 0 unspecified atom stereocenters. The quantitative estimate of drug-likeness (QED) is 0.825. The van der Waals surface area contributed by atoms with Gasteiger partial charge in [-0.15, -0.1) is 0 Å². The van der Waals surface area contributed by atoms with Crippen molar-refractivity contribution < 1.29 is 4.39 Å². The molecular weight excluding hydrogens is 213 g/mol. The van der Waals surface area contributed by atoms with Crippen LogP contribution in [-0.2, 0) is 6.42 Å². The summed E-state index contributed by atoms with van der Waals surface area (Å²) in [7, 11) is 0. The van der Waals surface area contributed by atoms with E-state index in [4.69, 9.17) is 17.3 Å². The fourth-order valence-corrected chi connectivity index (χ4v) is 2.51. The topological polar surface area (TPSA) is 26.0 Å². The number of halogens is 2. The van der Waals surface area contributed by atoms with Crippen LogP contribution in [0.15, 0.2) is 18.2 Å². The van der Waals surface area contributed by atoms with Crippen molar-refractivity contribution in [2.75, 3.05) is 0 Å². The minimum atomic E-state index is -0.217. The zero-order valence-corrected chi connectivity index (χ0v) is 9.36. The SMILES string of the molecule is NC1(Cc2cc(Cl)ccc2F)CCCC1. The van der Waals surface area contributed by atoms with Crippen LogP contribution in [-0.4, -0.2) is 5.54 Å². The summed E-state index contributed by atoms with van der Waals surface area (Å²) in [5.74, 6) is -0.198. The third kappa shape index (κ3) is 2.50. The van der Waals surface area contributed by atoms with Gasteiger partial charge in [0.05, 0.1) is 0 Å². The fraction of sp³-hybridized carbons (Fsp3) is 0.500. The van der Waals surface area contributed by atoms with E-state index in [1.165, 1.54) is 6.07 Å². The van der Waals surface area contributed by atoms with Crippen molar-refractivity contribution in [2.45, 2.75) is 37.6 Å². The summed E-state index contributed by atoms with van der Waals surface area (Å²) in [6.07, 6.45) is 4.87. The van der Waals surface area contributed by atoms with E-state index >= 15 is 0 Å². The van der Waals surface area contributed by atoms with Gasteiger partial charge in [-0.1, -0.05) is 24.4 Å². The highest BCUT2D eigenvalue weighted by Crippen LogP contribution is 2.31. The molecule has 1 fully saturated rings. The zero-order valence-electron chi connectivity index (χ0n) is 8.60. The maximum Gasteiger partial charge on any atom is 0.126 e. The summed E-state index contributed by atoms with van der Waals surface area (Å²) in [5, 5.41) is 0.577. The molecule has 1 nitrogen and oxygen atoms in total. The lowest BCUT2D eigenvalue weighted by atomic mass is 9.90. The first-order valence-electron chi connectivity index (χ1n) is 5.32.